The van der Waals surface area contributed by atoms with Crippen molar-refractivity contribution in [3.8, 4) is 0 Å². The summed E-state index contributed by atoms with van der Waals surface area (Å²) in [5.41, 5.74) is 1.70. The normalized spacial score (nSPS) is 11.2. The number of carbonyl (C=O) groups is 1. The number of pyridine rings is 1. The smallest absolute Gasteiger partial charge is 0.218 e. The fourth-order valence-corrected chi connectivity index (χ4v) is 3.22. The Bertz CT molecular complexity index is 817. The second kappa shape index (κ2) is 7.26. The molecule has 1 N–H and O–H groups in total. The van der Waals surface area contributed by atoms with Crippen LogP contribution in [0, 0.1) is 0 Å². The quantitative estimate of drug-likeness (QED) is 0.715. The molecule has 0 fully saturated rings. The molecule has 2 aromatic carbocycles. The van der Waals surface area contributed by atoms with Crippen molar-refractivity contribution < 1.29 is 4.79 Å². The number of rotatable bonds is 4. The van der Waals surface area contributed by atoms with Gasteiger partial charge in [-0.15, -0.1) is 0 Å². The van der Waals surface area contributed by atoms with Crippen LogP contribution in [-0.4, -0.2) is 10.9 Å². The van der Waals surface area contributed by atoms with E-state index in [1.807, 2.05) is 36.4 Å². The number of amides is 1. The van der Waals surface area contributed by atoms with Gasteiger partial charge in [-0.05, 0) is 41.5 Å². The Morgan fingerprint density at radius 1 is 0.880 bits per heavy atom. The van der Waals surface area contributed by atoms with Crippen LogP contribution in [0.5, 0.6) is 0 Å². The van der Waals surface area contributed by atoms with Crippen LogP contribution in [-0.2, 0) is 10.3 Å². The molecule has 0 aliphatic heterocycles. The summed E-state index contributed by atoms with van der Waals surface area (Å²) in [5.74, 6) is -0.159. The molecule has 3 nitrogen and oxygen atoms in total. The summed E-state index contributed by atoms with van der Waals surface area (Å²) in [6.45, 7) is 1.50. The number of halogens is 2. The zero-order chi connectivity index (χ0) is 17.9. The number of hydrogen-bond acceptors (Lipinski definition) is 2. The minimum atomic E-state index is -0.894. The highest BCUT2D eigenvalue weighted by molar-refractivity contribution is 6.30. The van der Waals surface area contributed by atoms with Gasteiger partial charge in [-0.25, -0.2) is 0 Å². The molecule has 3 rings (SSSR count). The van der Waals surface area contributed by atoms with Gasteiger partial charge < -0.3 is 5.32 Å². The van der Waals surface area contributed by atoms with E-state index >= 15 is 0 Å². The van der Waals surface area contributed by atoms with Crippen LogP contribution in [0.25, 0.3) is 0 Å². The molecule has 3 aromatic rings. The average molecular weight is 371 g/mol. The fourth-order valence-electron chi connectivity index (χ4n) is 2.96. The molecule has 0 saturated carbocycles. The maximum Gasteiger partial charge on any atom is 0.218 e. The Labute approximate surface area is 156 Å². The summed E-state index contributed by atoms with van der Waals surface area (Å²) in [6.07, 6.45) is 3.45. The predicted octanol–water partition coefficient (Wildman–Crippen LogP) is 4.82. The first-order valence-corrected chi connectivity index (χ1v) is 8.49. The van der Waals surface area contributed by atoms with Gasteiger partial charge in [-0.2, -0.15) is 0 Å². The van der Waals surface area contributed by atoms with Crippen LogP contribution in [0.3, 0.4) is 0 Å². The monoisotopic (exact) mass is 370 g/mol. The van der Waals surface area contributed by atoms with Gasteiger partial charge in [-0.3, -0.25) is 9.78 Å². The average Bonchev–Trinajstić information content (AvgIpc) is 2.62. The summed E-state index contributed by atoms with van der Waals surface area (Å²) < 4.78 is 0. The second-order valence-corrected chi connectivity index (χ2v) is 6.56. The molecule has 0 radical (unpaired) electrons. The lowest BCUT2D eigenvalue weighted by atomic mass is 9.77. The third-order valence-electron chi connectivity index (χ3n) is 4.01. The SMILES string of the molecule is CC(=O)NC(c1ccc(Cl)cc1)(c1ccc(Cl)cc1)c1cccnc1. The Morgan fingerprint density at radius 3 is 1.80 bits per heavy atom. The van der Waals surface area contributed by atoms with E-state index in [0.29, 0.717) is 10.0 Å². The van der Waals surface area contributed by atoms with E-state index in [4.69, 9.17) is 23.2 Å². The first-order valence-electron chi connectivity index (χ1n) is 7.74. The first kappa shape index (κ1) is 17.5. The lowest BCUT2D eigenvalue weighted by Crippen LogP contribution is -2.47. The van der Waals surface area contributed by atoms with Crippen LogP contribution < -0.4 is 5.32 Å². The predicted molar refractivity (Wildman–Crippen MR) is 101 cm³/mol. The summed E-state index contributed by atoms with van der Waals surface area (Å²) >= 11 is 12.1. The van der Waals surface area contributed by atoms with E-state index < -0.39 is 5.54 Å². The van der Waals surface area contributed by atoms with Crippen molar-refractivity contribution >= 4 is 29.1 Å². The van der Waals surface area contributed by atoms with Gasteiger partial charge in [0.05, 0.1) is 0 Å². The highest BCUT2D eigenvalue weighted by Crippen LogP contribution is 2.37. The summed E-state index contributed by atoms with van der Waals surface area (Å²) in [5, 5.41) is 4.37. The third kappa shape index (κ3) is 3.53. The minimum Gasteiger partial charge on any atom is -0.339 e. The van der Waals surface area contributed by atoms with Crippen LogP contribution in [0.2, 0.25) is 10.0 Å². The zero-order valence-electron chi connectivity index (χ0n) is 13.5. The van der Waals surface area contributed by atoms with Gasteiger partial charge in [-0.1, -0.05) is 53.5 Å². The zero-order valence-corrected chi connectivity index (χ0v) is 15.1. The van der Waals surface area contributed by atoms with E-state index in [1.54, 1.807) is 36.7 Å². The van der Waals surface area contributed by atoms with Gasteiger partial charge >= 0.3 is 0 Å². The van der Waals surface area contributed by atoms with Crippen LogP contribution in [0.1, 0.15) is 23.6 Å². The molecule has 1 amide bonds. The molecule has 0 aliphatic rings. The maximum atomic E-state index is 12.1. The molecular weight excluding hydrogens is 355 g/mol. The van der Waals surface area contributed by atoms with Crippen molar-refractivity contribution in [1.82, 2.24) is 10.3 Å². The molecule has 5 heteroatoms. The van der Waals surface area contributed by atoms with Gasteiger partial charge in [0.15, 0.2) is 0 Å². The molecule has 1 heterocycles. The molecule has 0 spiro atoms. The van der Waals surface area contributed by atoms with Crippen molar-refractivity contribution in [3.05, 3.63) is 99.8 Å². The first-order chi connectivity index (χ1) is 12.0. The molecule has 0 unspecified atom stereocenters. The Kier molecular flexibility index (Phi) is 5.07. The highest BCUT2D eigenvalue weighted by atomic mass is 35.5. The van der Waals surface area contributed by atoms with E-state index in [1.165, 1.54) is 6.92 Å². The minimum absolute atomic E-state index is 0.159. The van der Waals surface area contributed by atoms with Crippen molar-refractivity contribution in [2.45, 2.75) is 12.5 Å². The summed E-state index contributed by atoms with van der Waals surface area (Å²) in [7, 11) is 0. The van der Waals surface area contributed by atoms with E-state index in [0.717, 1.165) is 16.7 Å². The van der Waals surface area contributed by atoms with Gasteiger partial charge in [0.1, 0.15) is 5.54 Å². The van der Waals surface area contributed by atoms with Gasteiger partial charge in [0.2, 0.25) is 5.91 Å². The van der Waals surface area contributed by atoms with E-state index in [9.17, 15) is 4.79 Å². The molecule has 0 aliphatic carbocycles. The lowest BCUT2D eigenvalue weighted by molar-refractivity contribution is -0.120. The topological polar surface area (TPSA) is 42.0 Å². The number of nitrogens with zero attached hydrogens (tertiary/aromatic N) is 1. The van der Waals surface area contributed by atoms with Crippen molar-refractivity contribution in [3.63, 3.8) is 0 Å². The van der Waals surface area contributed by atoms with Crippen molar-refractivity contribution in [2.75, 3.05) is 0 Å². The van der Waals surface area contributed by atoms with Crippen molar-refractivity contribution in [2.24, 2.45) is 0 Å². The van der Waals surface area contributed by atoms with Gasteiger partial charge in [0.25, 0.3) is 0 Å². The molecule has 126 valence electrons. The Morgan fingerprint density at radius 2 is 1.40 bits per heavy atom. The summed E-state index contributed by atoms with van der Waals surface area (Å²) in [4.78, 5) is 16.4. The standard InChI is InChI=1S/C20H16Cl2N2O/c1-14(25)24-20(17-3-2-12-23-13-17,15-4-8-18(21)9-5-15)16-6-10-19(22)11-7-16/h2-13H,1H3,(H,24,25). The van der Waals surface area contributed by atoms with Gasteiger partial charge in [0, 0.05) is 34.9 Å². The maximum absolute atomic E-state index is 12.1. The molecular formula is C20H16Cl2N2O. The number of benzene rings is 2. The van der Waals surface area contributed by atoms with Crippen LogP contribution in [0.15, 0.2) is 73.1 Å². The molecule has 0 bridgehead atoms. The fraction of sp³-hybridized carbons (Fsp3) is 0.100. The van der Waals surface area contributed by atoms with E-state index in [2.05, 4.69) is 10.3 Å². The Balaban J connectivity index is 2.32. The number of nitrogens with one attached hydrogen (secondary N) is 1. The largest absolute Gasteiger partial charge is 0.339 e. The second-order valence-electron chi connectivity index (χ2n) is 5.69. The van der Waals surface area contributed by atoms with E-state index in [-0.39, 0.29) is 5.91 Å². The lowest BCUT2D eigenvalue weighted by Gasteiger charge is -2.36. The molecule has 1 aromatic heterocycles. The number of aromatic nitrogens is 1. The highest BCUT2D eigenvalue weighted by Gasteiger charge is 2.37. The molecule has 0 saturated heterocycles. The summed E-state index contributed by atoms with van der Waals surface area (Å²) in [6, 6.07) is 18.6. The van der Waals surface area contributed by atoms with Crippen LogP contribution >= 0.6 is 23.2 Å². The van der Waals surface area contributed by atoms with Crippen molar-refractivity contribution in [1.29, 1.82) is 0 Å². The number of carbonyl (C=O) groups excluding carboxylic acids is 1. The number of hydrogen-bond donors (Lipinski definition) is 1. The van der Waals surface area contributed by atoms with Crippen LogP contribution in [0.4, 0.5) is 0 Å². The third-order valence-corrected chi connectivity index (χ3v) is 4.52. The molecule has 25 heavy (non-hydrogen) atoms. The Hall–Kier alpha value is -2.36. The molecule has 0 atom stereocenters.